The van der Waals surface area contributed by atoms with Crippen molar-refractivity contribution in [3.8, 4) is 0 Å². The van der Waals surface area contributed by atoms with Crippen molar-refractivity contribution in [3.63, 3.8) is 0 Å². The third-order valence-electron chi connectivity index (χ3n) is 5.34. The monoisotopic (exact) mass is 352 g/mol. The van der Waals surface area contributed by atoms with E-state index in [4.69, 9.17) is 9.47 Å². The van der Waals surface area contributed by atoms with Crippen molar-refractivity contribution < 1.29 is 29.0 Å². The number of ether oxygens (including phenoxy) is 2. The molecule has 2 aliphatic carbocycles. The molecule has 6 nitrogen and oxygen atoms in total. The van der Waals surface area contributed by atoms with Crippen LogP contribution in [0.3, 0.4) is 0 Å². The van der Waals surface area contributed by atoms with Crippen LogP contribution in [0.2, 0.25) is 0 Å². The van der Waals surface area contributed by atoms with Crippen LogP contribution >= 0.6 is 11.3 Å². The molecule has 0 spiro atoms. The third-order valence-corrected chi connectivity index (χ3v) is 6.32. The molecule has 0 aliphatic heterocycles. The molecule has 1 aromatic rings. The smallest absolute Gasteiger partial charge is 0.338 e. The number of thiophene rings is 1. The summed E-state index contributed by atoms with van der Waals surface area (Å²) in [5.74, 6) is -3.29. The van der Waals surface area contributed by atoms with Crippen LogP contribution in [-0.2, 0) is 23.9 Å². The molecule has 130 valence electrons. The maximum absolute atomic E-state index is 13.1. The summed E-state index contributed by atoms with van der Waals surface area (Å²) in [6.45, 7) is 1.77. The Labute approximate surface area is 143 Å². The normalized spacial score (nSPS) is 34.9. The highest BCUT2D eigenvalue weighted by Gasteiger charge is 2.70. The summed E-state index contributed by atoms with van der Waals surface area (Å²) in [6.07, 6.45) is 0.524. The van der Waals surface area contributed by atoms with E-state index in [0.717, 1.165) is 4.88 Å². The molecular weight excluding hydrogens is 332 g/mol. The number of methoxy groups -OCH3 is 1. The number of carbonyl (C=O) groups excluding carboxylic acids is 3. The van der Waals surface area contributed by atoms with E-state index < -0.39 is 40.6 Å². The molecule has 0 saturated heterocycles. The van der Waals surface area contributed by atoms with E-state index in [1.165, 1.54) is 18.4 Å². The van der Waals surface area contributed by atoms with Crippen molar-refractivity contribution >= 4 is 29.1 Å². The highest BCUT2D eigenvalue weighted by Crippen LogP contribution is 2.60. The van der Waals surface area contributed by atoms with Crippen LogP contribution in [0.1, 0.15) is 37.0 Å². The second-order valence-corrected chi connectivity index (χ2v) is 7.31. The Bertz CT molecular complexity index is 669. The van der Waals surface area contributed by atoms with Gasteiger partial charge in [0.1, 0.15) is 5.41 Å². The highest BCUT2D eigenvalue weighted by atomic mass is 32.1. The standard InChI is InChI=1S/C17H20O6S/c1-3-23-15(20)17(21)9-11(12-5-4-8-24-12)16(14(19)22-2)7-6-10(17)13(16)18/h4-5,8,10-11,21H,3,6-7,9H2,1-2H3/t10-,11+,16?,17?/m1/s1. The maximum atomic E-state index is 13.1. The highest BCUT2D eigenvalue weighted by molar-refractivity contribution is 7.10. The lowest BCUT2D eigenvalue weighted by molar-refractivity contribution is -0.184. The van der Waals surface area contributed by atoms with Gasteiger partial charge in [-0.15, -0.1) is 11.3 Å². The zero-order chi connectivity index (χ0) is 17.5. The van der Waals surface area contributed by atoms with Crippen LogP contribution in [0.5, 0.6) is 0 Å². The summed E-state index contributed by atoms with van der Waals surface area (Å²) >= 11 is 1.40. The molecule has 2 unspecified atom stereocenters. The Kier molecular flexibility index (Phi) is 4.25. The van der Waals surface area contributed by atoms with Gasteiger partial charge in [0.05, 0.1) is 19.6 Å². The molecule has 24 heavy (non-hydrogen) atoms. The van der Waals surface area contributed by atoms with Gasteiger partial charge >= 0.3 is 11.9 Å². The molecule has 2 bridgehead atoms. The Hall–Kier alpha value is -1.73. The number of hydrogen-bond donors (Lipinski definition) is 1. The fraction of sp³-hybridized carbons (Fsp3) is 0.588. The maximum Gasteiger partial charge on any atom is 0.338 e. The van der Waals surface area contributed by atoms with Gasteiger partial charge in [-0.2, -0.15) is 0 Å². The number of aliphatic hydroxyl groups is 1. The molecule has 7 heteroatoms. The SMILES string of the molecule is CCOC(=O)C1(O)C[C@@H](c2cccs2)C2(C(=O)OC)CC[C@@H]1C2=O. The second kappa shape index (κ2) is 5.97. The summed E-state index contributed by atoms with van der Waals surface area (Å²) in [7, 11) is 1.26. The zero-order valence-corrected chi connectivity index (χ0v) is 14.4. The lowest BCUT2D eigenvalue weighted by Crippen LogP contribution is -2.59. The van der Waals surface area contributed by atoms with Crippen molar-refractivity contribution in [3.05, 3.63) is 22.4 Å². The topological polar surface area (TPSA) is 89.9 Å². The fourth-order valence-electron chi connectivity index (χ4n) is 4.21. The summed E-state index contributed by atoms with van der Waals surface area (Å²) in [5.41, 5.74) is -3.21. The second-order valence-electron chi connectivity index (χ2n) is 6.34. The van der Waals surface area contributed by atoms with E-state index >= 15 is 0 Å². The first kappa shape index (κ1) is 17.1. The van der Waals surface area contributed by atoms with Gasteiger partial charge in [-0.3, -0.25) is 9.59 Å². The minimum atomic E-state index is -1.89. The number of esters is 2. The van der Waals surface area contributed by atoms with Crippen LogP contribution in [0, 0.1) is 11.3 Å². The van der Waals surface area contributed by atoms with Crippen molar-refractivity contribution in [1.29, 1.82) is 0 Å². The van der Waals surface area contributed by atoms with Gasteiger partial charge in [-0.05, 0) is 37.6 Å². The summed E-state index contributed by atoms with van der Waals surface area (Å²) < 4.78 is 9.95. The summed E-state index contributed by atoms with van der Waals surface area (Å²) in [4.78, 5) is 38.8. The van der Waals surface area contributed by atoms with Crippen molar-refractivity contribution in [2.45, 2.75) is 37.7 Å². The third kappa shape index (κ3) is 2.14. The predicted octanol–water partition coefficient (Wildman–Crippen LogP) is 1.67. The van der Waals surface area contributed by atoms with Crippen LogP contribution < -0.4 is 0 Å². The lowest BCUT2D eigenvalue weighted by atomic mass is 9.61. The Morgan fingerprint density at radius 1 is 1.38 bits per heavy atom. The zero-order valence-electron chi connectivity index (χ0n) is 13.6. The number of rotatable bonds is 4. The van der Waals surface area contributed by atoms with Gasteiger partial charge in [0.15, 0.2) is 11.4 Å². The minimum absolute atomic E-state index is 0.0160. The van der Waals surface area contributed by atoms with E-state index in [2.05, 4.69) is 0 Å². The van der Waals surface area contributed by atoms with Crippen molar-refractivity contribution in [2.24, 2.45) is 11.3 Å². The molecule has 2 saturated carbocycles. The largest absolute Gasteiger partial charge is 0.468 e. The lowest BCUT2D eigenvalue weighted by Gasteiger charge is -2.43. The molecule has 0 radical (unpaired) electrons. The van der Waals surface area contributed by atoms with E-state index in [0.29, 0.717) is 0 Å². The van der Waals surface area contributed by atoms with Crippen LogP contribution in [0.15, 0.2) is 17.5 Å². The first-order valence-electron chi connectivity index (χ1n) is 7.97. The van der Waals surface area contributed by atoms with E-state index in [9.17, 15) is 19.5 Å². The molecule has 3 rings (SSSR count). The molecule has 4 atom stereocenters. The van der Waals surface area contributed by atoms with Crippen LogP contribution in [-0.4, -0.2) is 42.1 Å². The minimum Gasteiger partial charge on any atom is -0.468 e. The molecule has 0 amide bonds. The van der Waals surface area contributed by atoms with Gasteiger partial charge in [0, 0.05) is 10.8 Å². The molecule has 1 heterocycles. The predicted molar refractivity (Wildman–Crippen MR) is 85.4 cm³/mol. The van der Waals surface area contributed by atoms with Gasteiger partial charge < -0.3 is 14.6 Å². The molecule has 0 aromatic carbocycles. The first-order valence-corrected chi connectivity index (χ1v) is 8.85. The molecular formula is C17H20O6S. The van der Waals surface area contributed by atoms with Crippen LogP contribution in [0.4, 0.5) is 0 Å². The number of hydrogen-bond acceptors (Lipinski definition) is 7. The average molecular weight is 352 g/mol. The van der Waals surface area contributed by atoms with E-state index in [-0.39, 0.29) is 25.9 Å². The number of fused-ring (bicyclic) bond motifs is 2. The number of Topliss-reactive ketones (excluding diaryl/α,β-unsaturated/α-hetero) is 1. The summed E-state index contributed by atoms with van der Waals surface area (Å²) in [5, 5.41) is 12.9. The molecule has 2 aliphatic rings. The summed E-state index contributed by atoms with van der Waals surface area (Å²) in [6, 6.07) is 3.64. The fourth-order valence-corrected chi connectivity index (χ4v) is 5.13. The quantitative estimate of drug-likeness (QED) is 0.655. The van der Waals surface area contributed by atoms with Gasteiger partial charge in [-0.25, -0.2) is 4.79 Å². The number of carbonyl (C=O) groups is 3. The average Bonchev–Trinajstić information content (AvgIpc) is 3.18. The van der Waals surface area contributed by atoms with Crippen LogP contribution in [0.25, 0.3) is 0 Å². The number of ketones is 1. The molecule has 1 aromatic heterocycles. The van der Waals surface area contributed by atoms with Crippen molar-refractivity contribution in [2.75, 3.05) is 13.7 Å². The van der Waals surface area contributed by atoms with Gasteiger partial charge in [0.2, 0.25) is 0 Å². The van der Waals surface area contributed by atoms with Gasteiger partial charge in [-0.1, -0.05) is 6.07 Å². The van der Waals surface area contributed by atoms with Crippen molar-refractivity contribution in [1.82, 2.24) is 0 Å². The molecule has 1 N–H and O–H groups in total. The Balaban J connectivity index is 2.11. The van der Waals surface area contributed by atoms with Gasteiger partial charge in [0.25, 0.3) is 0 Å². The molecule has 2 fully saturated rings. The van der Waals surface area contributed by atoms with E-state index in [1.807, 2.05) is 17.5 Å². The van der Waals surface area contributed by atoms with E-state index in [1.54, 1.807) is 6.92 Å². The Morgan fingerprint density at radius 3 is 2.71 bits per heavy atom. The first-order chi connectivity index (χ1) is 11.4. The Morgan fingerprint density at radius 2 is 2.12 bits per heavy atom.